The van der Waals surface area contributed by atoms with Gasteiger partial charge in [-0.1, -0.05) is 12.7 Å². The van der Waals surface area contributed by atoms with Gasteiger partial charge in [0.25, 0.3) is 0 Å². The highest BCUT2D eigenvalue weighted by Crippen LogP contribution is 1.86. The molecule has 37 valence electrons. The zero-order chi connectivity index (χ0) is 5.86. The third kappa shape index (κ3) is 1.76. The Balaban J connectivity index is 3.81. The molecule has 0 atom stereocenters. The van der Waals surface area contributed by atoms with Crippen LogP contribution in [0.4, 0.5) is 0 Å². The Morgan fingerprint density at radius 3 is 2.29 bits per heavy atom. The highest BCUT2D eigenvalue weighted by molar-refractivity contribution is 5.88. The van der Waals surface area contributed by atoms with Gasteiger partial charge in [-0.05, 0) is 6.58 Å². The summed E-state index contributed by atoms with van der Waals surface area (Å²) in [5.74, 6) is -1.13. The highest BCUT2D eigenvalue weighted by atomic mass is 16.4. The average Bonchev–Trinajstić information content (AvgIpc) is 1.65. The second-order valence-corrected chi connectivity index (χ2v) is 0.965. The minimum atomic E-state index is -1.13. The van der Waals surface area contributed by atoms with Crippen molar-refractivity contribution in [1.82, 2.24) is 0 Å². The first-order valence-corrected chi connectivity index (χ1v) is 1.66. The molecule has 0 unspecified atom stereocenters. The number of rotatable bonds is 2. The quantitative estimate of drug-likeness (QED) is 0.405. The lowest BCUT2D eigenvalue weighted by molar-refractivity contribution is -0.132. The number of carboxylic acid groups (broad SMARTS) is 1. The molecular weight excluding hydrogens is 92.1 g/mol. The largest absolute Gasteiger partial charge is 0.478 e. The molecule has 0 spiro atoms. The summed E-state index contributed by atoms with van der Waals surface area (Å²) in [7, 11) is 0. The normalized spacial score (nSPS) is 7.43. The molecule has 0 aromatic rings. The van der Waals surface area contributed by atoms with Crippen LogP contribution in [0.3, 0.4) is 0 Å². The topological polar surface area (TPSA) is 37.3 Å². The second-order valence-electron chi connectivity index (χ2n) is 0.965. The number of aliphatic carboxylic acids is 1. The van der Waals surface area contributed by atoms with Crippen molar-refractivity contribution in [3.63, 3.8) is 0 Å². The minimum absolute atomic E-state index is 0.222. The Bertz CT molecular complexity index is 113. The van der Waals surface area contributed by atoms with E-state index in [0.717, 1.165) is 6.08 Å². The van der Waals surface area contributed by atoms with Gasteiger partial charge in [0.15, 0.2) is 0 Å². The van der Waals surface area contributed by atoms with Crippen molar-refractivity contribution in [2.45, 2.75) is 0 Å². The van der Waals surface area contributed by atoms with Gasteiger partial charge in [0.05, 0.1) is 5.57 Å². The van der Waals surface area contributed by atoms with Gasteiger partial charge < -0.3 is 5.11 Å². The van der Waals surface area contributed by atoms with Crippen LogP contribution in [0.2, 0.25) is 0 Å². The summed E-state index contributed by atoms with van der Waals surface area (Å²) < 4.78 is 0. The maximum Gasteiger partial charge on any atom is 0.335 e. The summed E-state index contributed by atoms with van der Waals surface area (Å²) in [4.78, 5) is 9.70. The molecule has 0 rings (SSSR count). The SMILES string of the molecule is [CH]=C(C=C)C(=O)O. The van der Waals surface area contributed by atoms with Crippen molar-refractivity contribution in [1.29, 1.82) is 0 Å². The summed E-state index contributed by atoms with van der Waals surface area (Å²) in [6.45, 7) is 7.95. The van der Waals surface area contributed by atoms with Crippen molar-refractivity contribution in [3.8, 4) is 0 Å². The Hall–Kier alpha value is -1.05. The molecule has 2 nitrogen and oxygen atoms in total. The van der Waals surface area contributed by atoms with Crippen LogP contribution < -0.4 is 0 Å². The summed E-state index contributed by atoms with van der Waals surface area (Å²) in [5.41, 5.74) is -0.222. The fourth-order valence-electron chi connectivity index (χ4n) is 0.0873. The molecule has 0 aromatic heterocycles. The molecule has 0 aliphatic rings. The monoisotopic (exact) mass is 97.0 g/mol. The zero-order valence-corrected chi connectivity index (χ0v) is 3.72. The molecule has 0 aromatic carbocycles. The number of carbonyl (C=O) groups is 1. The summed E-state index contributed by atoms with van der Waals surface area (Å²) in [6.07, 6.45) is 1.09. The molecular formula is C5H5O2. The molecule has 7 heavy (non-hydrogen) atoms. The van der Waals surface area contributed by atoms with Crippen molar-refractivity contribution < 1.29 is 9.90 Å². The van der Waals surface area contributed by atoms with E-state index in [4.69, 9.17) is 11.7 Å². The van der Waals surface area contributed by atoms with E-state index in [1.165, 1.54) is 0 Å². The molecule has 2 heteroatoms. The van der Waals surface area contributed by atoms with Crippen LogP contribution in [-0.2, 0) is 4.79 Å². The molecule has 1 N–H and O–H groups in total. The molecule has 0 saturated heterocycles. The first kappa shape index (κ1) is 5.95. The van der Waals surface area contributed by atoms with Gasteiger partial charge in [-0.2, -0.15) is 0 Å². The van der Waals surface area contributed by atoms with E-state index in [2.05, 4.69) is 6.58 Å². The molecule has 0 aliphatic carbocycles. The van der Waals surface area contributed by atoms with E-state index in [1.54, 1.807) is 0 Å². The lowest BCUT2D eigenvalue weighted by atomic mass is 10.3. The number of carboxylic acids is 1. The van der Waals surface area contributed by atoms with Gasteiger partial charge in [0.1, 0.15) is 0 Å². The van der Waals surface area contributed by atoms with E-state index in [-0.39, 0.29) is 5.57 Å². The Morgan fingerprint density at radius 2 is 2.29 bits per heavy atom. The molecule has 0 bridgehead atoms. The highest BCUT2D eigenvalue weighted by Gasteiger charge is 1.94. The van der Waals surface area contributed by atoms with E-state index in [1.807, 2.05) is 0 Å². The Kier molecular flexibility index (Phi) is 1.85. The van der Waals surface area contributed by atoms with Crippen LogP contribution in [0.15, 0.2) is 18.2 Å². The van der Waals surface area contributed by atoms with Gasteiger partial charge in [-0.3, -0.25) is 0 Å². The number of hydrogen-bond acceptors (Lipinski definition) is 1. The Labute approximate surface area is 41.8 Å². The fraction of sp³-hybridized carbons (Fsp3) is 0. The maximum atomic E-state index is 9.70. The maximum absolute atomic E-state index is 9.70. The molecule has 0 saturated carbocycles. The van der Waals surface area contributed by atoms with Crippen molar-refractivity contribution in [2.75, 3.05) is 0 Å². The first-order chi connectivity index (χ1) is 3.18. The van der Waals surface area contributed by atoms with Crippen molar-refractivity contribution in [2.24, 2.45) is 0 Å². The van der Waals surface area contributed by atoms with Crippen LogP contribution in [0.1, 0.15) is 0 Å². The molecule has 0 heterocycles. The molecule has 0 fully saturated rings. The van der Waals surface area contributed by atoms with Crippen LogP contribution in [-0.4, -0.2) is 11.1 Å². The Morgan fingerprint density at radius 1 is 1.86 bits per heavy atom. The lowest BCUT2D eigenvalue weighted by Gasteiger charge is -1.82. The summed E-state index contributed by atoms with van der Waals surface area (Å²) in [5, 5.41) is 7.95. The fourth-order valence-corrected chi connectivity index (χ4v) is 0.0873. The first-order valence-electron chi connectivity index (χ1n) is 1.66. The minimum Gasteiger partial charge on any atom is -0.478 e. The summed E-state index contributed by atoms with van der Waals surface area (Å²) >= 11 is 0. The van der Waals surface area contributed by atoms with Crippen LogP contribution in [0.25, 0.3) is 0 Å². The van der Waals surface area contributed by atoms with E-state index in [0.29, 0.717) is 0 Å². The van der Waals surface area contributed by atoms with Crippen molar-refractivity contribution in [3.05, 3.63) is 24.8 Å². The molecule has 0 amide bonds. The van der Waals surface area contributed by atoms with Gasteiger partial charge in [0.2, 0.25) is 0 Å². The van der Waals surface area contributed by atoms with E-state index < -0.39 is 5.97 Å². The van der Waals surface area contributed by atoms with E-state index >= 15 is 0 Å². The summed E-state index contributed by atoms with van der Waals surface area (Å²) in [6, 6.07) is 0. The van der Waals surface area contributed by atoms with Gasteiger partial charge in [-0.25, -0.2) is 4.79 Å². The standard InChI is InChI=1S/C5H5O2/c1-3-4(2)5(6)7/h2-3H,1H2,(H,6,7). The predicted octanol–water partition coefficient (Wildman–Crippen LogP) is 0.616. The smallest absolute Gasteiger partial charge is 0.335 e. The van der Waals surface area contributed by atoms with Crippen molar-refractivity contribution >= 4 is 5.97 Å². The third-order valence-electron chi connectivity index (χ3n) is 0.467. The lowest BCUT2D eigenvalue weighted by Crippen LogP contribution is -1.93. The molecule has 0 aliphatic heterocycles. The predicted molar refractivity (Wildman–Crippen MR) is 25.6 cm³/mol. The van der Waals surface area contributed by atoms with Crippen LogP contribution in [0.5, 0.6) is 0 Å². The third-order valence-corrected chi connectivity index (χ3v) is 0.467. The van der Waals surface area contributed by atoms with E-state index in [9.17, 15) is 4.79 Å². The zero-order valence-electron chi connectivity index (χ0n) is 3.72. The van der Waals surface area contributed by atoms with Crippen LogP contribution in [0, 0.1) is 6.58 Å². The number of hydrogen-bond donors (Lipinski definition) is 1. The van der Waals surface area contributed by atoms with Gasteiger partial charge in [-0.15, -0.1) is 0 Å². The van der Waals surface area contributed by atoms with Gasteiger partial charge >= 0.3 is 5.97 Å². The average molecular weight is 97.1 g/mol. The second kappa shape index (κ2) is 2.18. The molecule has 1 radical (unpaired) electrons. The van der Waals surface area contributed by atoms with Gasteiger partial charge in [0, 0.05) is 0 Å². The van der Waals surface area contributed by atoms with Crippen LogP contribution >= 0.6 is 0 Å².